The zero-order chi connectivity index (χ0) is 10.6. The lowest BCUT2D eigenvalue weighted by Gasteiger charge is -2.09. The molecule has 1 unspecified atom stereocenters. The van der Waals surface area contributed by atoms with Crippen LogP contribution in [0.5, 0.6) is 5.75 Å². The third-order valence-corrected chi connectivity index (χ3v) is 2.02. The van der Waals surface area contributed by atoms with Crippen LogP contribution >= 0.6 is 11.6 Å². The van der Waals surface area contributed by atoms with Crippen LogP contribution in [0.25, 0.3) is 0 Å². The average molecular weight is 218 g/mol. The van der Waals surface area contributed by atoms with Crippen molar-refractivity contribution in [1.29, 1.82) is 0 Å². The van der Waals surface area contributed by atoms with Crippen LogP contribution in [0.2, 0.25) is 5.02 Å². The Kier molecular flexibility index (Phi) is 4.17. The molecule has 1 aromatic carbocycles. The highest BCUT2D eigenvalue weighted by molar-refractivity contribution is 6.32. The summed E-state index contributed by atoms with van der Waals surface area (Å²) in [6.45, 7) is 2.39. The Balaban J connectivity index is 2.51. The first-order valence-corrected chi connectivity index (χ1v) is 4.81. The Hall–Kier alpha value is -0.800. The van der Waals surface area contributed by atoms with Crippen LogP contribution in [0, 0.1) is 5.82 Å². The van der Waals surface area contributed by atoms with Crippen molar-refractivity contribution in [2.24, 2.45) is 5.73 Å². The van der Waals surface area contributed by atoms with E-state index >= 15 is 0 Å². The molecule has 0 aromatic heterocycles. The van der Waals surface area contributed by atoms with Gasteiger partial charge in [-0.1, -0.05) is 11.6 Å². The first-order chi connectivity index (χ1) is 6.59. The second-order valence-corrected chi connectivity index (χ2v) is 3.60. The Morgan fingerprint density at radius 1 is 1.57 bits per heavy atom. The SMILES string of the molecule is CC(N)CCOc1ccc(F)cc1Cl. The van der Waals surface area contributed by atoms with E-state index in [2.05, 4.69) is 0 Å². The van der Waals surface area contributed by atoms with Gasteiger partial charge in [0.05, 0.1) is 11.6 Å². The summed E-state index contributed by atoms with van der Waals surface area (Å²) >= 11 is 5.75. The molecule has 0 aliphatic carbocycles. The van der Waals surface area contributed by atoms with Gasteiger partial charge in [-0.2, -0.15) is 0 Å². The fourth-order valence-electron chi connectivity index (χ4n) is 0.947. The van der Waals surface area contributed by atoms with Crippen LogP contribution in [0.4, 0.5) is 4.39 Å². The summed E-state index contributed by atoms with van der Waals surface area (Å²) in [5.41, 5.74) is 5.55. The molecular weight excluding hydrogens is 205 g/mol. The Bertz CT molecular complexity index is 304. The van der Waals surface area contributed by atoms with Crippen LogP contribution in [0.3, 0.4) is 0 Å². The molecule has 0 heterocycles. The fraction of sp³-hybridized carbons (Fsp3) is 0.400. The lowest BCUT2D eigenvalue weighted by atomic mass is 10.3. The van der Waals surface area contributed by atoms with E-state index < -0.39 is 0 Å². The summed E-state index contributed by atoms with van der Waals surface area (Å²) in [5, 5.41) is 0.287. The van der Waals surface area contributed by atoms with Gasteiger partial charge in [-0.15, -0.1) is 0 Å². The molecule has 1 aromatic rings. The number of hydrogen-bond donors (Lipinski definition) is 1. The Morgan fingerprint density at radius 2 is 2.29 bits per heavy atom. The molecule has 78 valence electrons. The summed E-state index contributed by atoms with van der Waals surface area (Å²) < 4.78 is 18.0. The molecule has 0 fully saturated rings. The second kappa shape index (κ2) is 5.17. The molecule has 0 radical (unpaired) electrons. The maximum atomic E-state index is 12.6. The normalized spacial score (nSPS) is 12.6. The summed E-state index contributed by atoms with van der Waals surface area (Å²) in [6.07, 6.45) is 0.744. The average Bonchev–Trinajstić information content (AvgIpc) is 2.08. The molecule has 4 heteroatoms. The van der Waals surface area contributed by atoms with Gasteiger partial charge in [0.15, 0.2) is 0 Å². The van der Waals surface area contributed by atoms with E-state index in [4.69, 9.17) is 22.1 Å². The van der Waals surface area contributed by atoms with Gasteiger partial charge >= 0.3 is 0 Å². The minimum atomic E-state index is -0.366. The maximum absolute atomic E-state index is 12.6. The number of hydrogen-bond acceptors (Lipinski definition) is 2. The predicted octanol–water partition coefficient (Wildman–Crippen LogP) is 2.60. The predicted molar refractivity (Wildman–Crippen MR) is 55.2 cm³/mol. The lowest BCUT2D eigenvalue weighted by molar-refractivity contribution is 0.301. The Labute approximate surface area is 87.8 Å². The van der Waals surface area contributed by atoms with E-state index in [1.54, 1.807) is 0 Å². The van der Waals surface area contributed by atoms with Crippen molar-refractivity contribution in [1.82, 2.24) is 0 Å². The van der Waals surface area contributed by atoms with Crippen molar-refractivity contribution < 1.29 is 9.13 Å². The van der Waals surface area contributed by atoms with Crippen molar-refractivity contribution >= 4 is 11.6 Å². The molecule has 1 atom stereocenters. The van der Waals surface area contributed by atoms with E-state index in [0.717, 1.165) is 6.42 Å². The first-order valence-electron chi connectivity index (χ1n) is 4.43. The van der Waals surface area contributed by atoms with Gasteiger partial charge < -0.3 is 10.5 Å². The minimum Gasteiger partial charge on any atom is -0.492 e. The molecule has 0 amide bonds. The largest absolute Gasteiger partial charge is 0.492 e. The van der Waals surface area contributed by atoms with Gasteiger partial charge in [-0.25, -0.2) is 4.39 Å². The van der Waals surface area contributed by atoms with Gasteiger partial charge in [0.25, 0.3) is 0 Å². The van der Waals surface area contributed by atoms with E-state index in [-0.39, 0.29) is 16.9 Å². The number of benzene rings is 1. The molecule has 1 rings (SSSR count). The topological polar surface area (TPSA) is 35.2 Å². The fourth-order valence-corrected chi connectivity index (χ4v) is 1.17. The monoisotopic (exact) mass is 217 g/mol. The first kappa shape index (κ1) is 11.3. The highest BCUT2D eigenvalue weighted by Crippen LogP contribution is 2.24. The molecule has 0 aliphatic rings. The third kappa shape index (κ3) is 3.52. The minimum absolute atomic E-state index is 0.0919. The zero-order valence-electron chi connectivity index (χ0n) is 7.97. The van der Waals surface area contributed by atoms with Crippen LogP contribution < -0.4 is 10.5 Å². The van der Waals surface area contributed by atoms with Crippen LogP contribution in [-0.4, -0.2) is 12.6 Å². The van der Waals surface area contributed by atoms with Crippen LogP contribution in [0.1, 0.15) is 13.3 Å². The van der Waals surface area contributed by atoms with E-state index in [9.17, 15) is 4.39 Å². The molecule has 14 heavy (non-hydrogen) atoms. The molecule has 0 aliphatic heterocycles. The second-order valence-electron chi connectivity index (χ2n) is 3.19. The lowest BCUT2D eigenvalue weighted by Crippen LogP contribution is -2.18. The van der Waals surface area contributed by atoms with Gasteiger partial charge in [0, 0.05) is 6.04 Å². The van der Waals surface area contributed by atoms with Crippen molar-refractivity contribution in [3.63, 3.8) is 0 Å². The highest BCUT2D eigenvalue weighted by atomic mass is 35.5. The number of halogens is 2. The maximum Gasteiger partial charge on any atom is 0.138 e. The van der Waals surface area contributed by atoms with Gasteiger partial charge in [-0.3, -0.25) is 0 Å². The van der Waals surface area contributed by atoms with Crippen molar-refractivity contribution in [3.8, 4) is 5.75 Å². The summed E-state index contributed by atoms with van der Waals surface area (Å²) in [7, 11) is 0. The zero-order valence-corrected chi connectivity index (χ0v) is 8.72. The van der Waals surface area contributed by atoms with E-state index in [0.29, 0.717) is 12.4 Å². The third-order valence-electron chi connectivity index (χ3n) is 1.72. The summed E-state index contributed by atoms with van der Waals surface area (Å²) in [4.78, 5) is 0. The van der Waals surface area contributed by atoms with Crippen LogP contribution in [0.15, 0.2) is 18.2 Å². The van der Waals surface area contributed by atoms with Crippen molar-refractivity contribution in [2.75, 3.05) is 6.61 Å². The van der Waals surface area contributed by atoms with Crippen molar-refractivity contribution in [3.05, 3.63) is 29.0 Å². The molecule has 0 saturated carbocycles. The molecule has 0 bridgehead atoms. The Morgan fingerprint density at radius 3 is 2.86 bits per heavy atom. The van der Waals surface area contributed by atoms with Crippen LogP contribution in [-0.2, 0) is 0 Å². The molecule has 2 nitrogen and oxygen atoms in total. The van der Waals surface area contributed by atoms with Gasteiger partial charge in [-0.05, 0) is 31.5 Å². The van der Waals surface area contributed by atoms with Crippen molar-refractivity contribution in [2.45, 2.75) is 19.4 Å². The number of ether oxygens (including phenoxy) is 1. The smallest absolute Gasteiger partial charge is 0.138 e. The van der Waals surface area contributed by atoms with Gasteiger partial charge in [0.2, 0.25) is 0 Å². The summed E-state index contributed by atoms with van der Waals surface area (Å²) in [5.74, 6) is 0.128. The molecule has 2 N–H and O–H groups in total. The molecular formula is C10H13ClFNO. The molecule has 0 saturated heterocycles. The van der Waals surface area contributed by atoms with E-state index in [1.165, 1.54) is 18.2 Å². The number of rotatable bonds is 4. The summed E-state index contributed by atoms with van der Waals surface area (Å²) in [6, 6.07) is 4.14. The quantitative estimate of drug-likeness (QED) is 0.842. The van der Waals surface area contributed by atoms with E-state index in [1.807, 2.05) is 6.92 Å². The molecule has 0 spiro atoms. The van der Waals surface area contributed by atoms with Gasteiger partial charge in [0.1, 0.15) is 11.6 Å². The number of nitrogens with two attached hydrogens (primary N) is 1. The highest BCUT2D eigenvalue weighted by Gasteiger charge is 2.03. The standard InChI is InChI=1S/C10H13ClFNO/c1-7(13)4-5-14-10-3-2-8(12)6-9(10)11/h2-3,6-7H,4-5,13H2,1H3.